The second-order valence-electron chi connectivity index (χ2n) is 3.48. The Bertz CT molecular complexity index is 159. The van der Waals surface area contributed by atoms with Crippen LogP contribution in [0.15, 0.2) is 11.6 Å². The van der Waals surface area contributed by atoms with Gasteiger partial charge >= 0.3 is 0 Å². The molecule has 0 saturated heterocycles. The van der Waals surface area contributed by atoms with E-state index in [0.29, 0.717) is 6.42 Å². The summed E-state index contributed by atoms with van der Waals surface area (Å²) < 4.78 is 24.9. The minimum atomic E-state index is -2.42. The smallest absolute Gasteiger partial charge is 0.207 e. The number of halogens is 2. The van der Waals surface area contributed by atoms with Crippen LogP contribution in [0.5, 0.6) is 0 Å². The van der Waals surface area contributed by atoms with Gasteiger partial charge in [-0.2, -0.15) is 0 Å². The molecule has 0 aromatic rings. The minimum Gasteiger partial charge on any atom is -0.207 e. The number of allylic oxidation sites excluding steroid dienone is 2. The third-order valence-electron chi connectivity index (χ3n) is 1.96. The van der Waals surface area contributed by atoms with Gasteiger partial charge in [0.1, 0.15) is 0 Å². The topological polar surface area (TPSA) is 0 Å². The molecule has 1 aliphatic carbocycles. The Morgan fingerprint density at radius 3 is 2.15 bits per heavy atom. The van der Waals surface area contributed by atoms with Gasteiger partial charge in [-0.25, -0.2) is 8.78 Å². The minimum absolute atomic E-state index is 0.0455. The van der Waals surface area contributed by atoms with E-state index in [0.717, 1.165) is 6.42 Å². The summed E-state index contributed by atoms with van der Waals surface area (Å²) in [5, 5.41) is 0. The average Bonchev–Trinajstić information content (AvgIpc) is 2.06. The van der Waals surface area contributed by atoms with Gasteiger partial charge in [0.25, 0.3) is 5.92 Å². The number of hydrogen-bond donors (Lipinski definition) is 0. The summed E-state index contributed by atoms with van der Waals surface area (Å²) in [4.78, 5) is 0. The molecule has 0 bridgehead atoms. The Morgan fingerprint density at radius 2 is 1.85 bits per heavy atom. The molecule has 78 valence electrons. The van der Waals surface area contributed by atoms with Crippen LogP contribution >= 0.6 is 0 Å². The Morgan fingerprint density at radius 1 is 1.31 bits per heavy atom. The van der Waals surface area contributed by atoms with Crippen LogP contribution in [0, 0.1) is 0 Å². The van der Waals surface area contributed by atoms with Gasteiger partial charge < -0.3 is 0 Å². The van der Waals surface area contributed by atoms with Crippen molar-refractivity contribution in [3.63, 3.8) is 0 Å². The molecule has 0 radical (unpaired) electrons. The Balaban J connectivity index is 0.000000424. The third-order valence-corrected chi connectivity index (χ3v) is 1.96. The molecular formula is C11H20F2. The maximum absolute atomic E-state index is 12.5. The molecule has 0 unspecified atom stereocenters. The van der Waals surface area contributed by atoms with Gasteiger partial charge in [0.2, 0.25) is 0 Å². The summed E-state index contributed by atoms with van der Waals surface area (Å²) in [5.41, 5.74) is 1.19. The monoisotopic (exact) mass is 190 g/mol. The average molecular weight is 190 g/mol. The van der Waals surface area contributed by atoms with E-state index in [2.05, 4.69) is 13.8 Å². The van der Waals surface area contributed by atoms with Gasteiger partial charge in [0.15, 0.2) is 0 Å². The van der Waals surface area contributed by atoms with Crippen molar-refractivity contribution in [2.24, 2.45) is 0 Å². The fourth-order valence-corrected chi connectivity index (χ4v) is 1.16. The lowest BCUT2D eigenvalue weighted by Crippen LogP contribution is -2.18. The van der Waals surface area contributed by atoms with Gasteiger partial charge in [-0.1, -0.05) is 38.8 Å². The molecule has 2 heteroatoms. The first-order chi connectivity index (χ1) is 6.05. The van der Waals surface area contributed by atoms with Crippen LogP contribution in [0.3, 0.4) is 0 Å². The maximum atomic E-state index is 12.5. The predicted molar refractivity (Wildman–Crippen MR) is 53.1 cm³/mol. The van der Waals surface area contributed by atoms with Gasteiger partial charge in [0, 0.05) is 12.8 Å². The molecule has 0 atom stereocenters. The predicted octanol–water partition coefficient (Wildman–Crippen LogP) is 4.56. The van der Waals surface area contributed by atoms with E-state index in [1.54, 1.807) is 6.08 Å². The molecule has 1 aliphatic rings. The summed E-state index contributed by atoms with van der Waals surface area (Å²) in [6.07, 6.45) is 4.45. The summed E-state index contributed by atoms with van der Waals surface area (Å²) in [7, 11) is 0. The molecule has 0 saturated carbocycles. The van der Waals surface area contributed by atoms with E-state index >= 15 is 0 Å². The third kappa shape index (κ3) is 5.78. The molecule has 0 heterocycles. The van der Waals surface area contributed by atoms with Gasteiger partial charge in [-0.15, -0.1) is 0 Å². The molecule has 1 rings (SSSR count). The van der Waals surface area contributed by atoms with E-state index in [-0.39, 0.29) is 12.8 Å². The molecule has 13 heavy (non-hydrogen) atoms. The molecular weight excluding hydrogens is 170 g/mol. The van der Waals surface area contributed by atoms with Crippen LogP contribution in [0.1, 0.15) is 52.9 Å². The highest BCUT2D eigenvalue weighted by molar-refractivity contribution is 5.07. The van der Waals surface area contributed by atoms with Crippen molar-refractivity contribution in [2.75, 3.05) is 0 Å². The highest BCUT2D eigenvalue weighted by Gasteiger charge is 2.29. The molecule has 0 aliphatic heterocycles. The Kier molecular flexibility index (Phi) is 5.93. The molecule has 0 N–H and O–H groups in total. The molecule has 0 nitrogen and oxygen atoms in total. The van der Waals surface area contributed by atoms with Gasteiger partial charge in [-0.3, -0.25) is 0 Å². The van der Waals surface area contributed by atoms with E-state index in [4.69, 9.17) is 0 Å². The zero-order valence-electron chi connectivity index (χ0n) is 8.87. The highest BCUT2D eigenvalue weighted by atomic mass is 19.3. The summed E-state index contributed by atoms with van der Waals surface area (Å²) in [6, 6.07) is 0. The molecule has 0 amide bonds. The number of alkyl halides is 2. The first-order valence-corrected chi connectivity index (χ1v) is 5.11. The van der Waals surface area contributed by atoms with Crippen LogP contribution in [-0.2, 0) is 0 Å². The second kappa shape index (κ2) is 6.11. The normalized spacial score (nSPS) is 19.9. The van der Waals surface area contributed by atoms with Crippen molar-refractivity contribution in [3.8, 4) is 0 Å². The van der Waals surface area contributed by atoms with Crippen molar-refractivity contribution in [2.45, 2.75) is 58.8 Å². The first kappa shape index (κ1) is 12.6. The fourth-order valence-electron chi connectivity index (χ4n) is 1.16. The zero-order valence-corrected chi connectivity index (χ0v) is 8.87. The maximum Gasteiger partial charge on any atom is 0.251 e. The largest absolute Gasteiger partial charge is 0.251 e. The van der Waals surface area contributed by atoms with Crippen molar-refractivity contribution < 1.29 is 8.78 Å². The van der Waals surface area contributed by atoms with Crippen LogP contribution in [0.2, 0.25) is 0 Å². The lowest BCUT2D eigenvalue weighted by Gasteiger charge is -2.20. The number of hydrogen-bond acceptors (Lipinski definition) is 0. The second-order valence-corrected chi connectivity index (χ2v) is 3.48. The summed E-state index contributed by atoms with van der Waals surface area (Å²) in [5.74, 6) is -2.42. The molecule has 0 fully saturated rings. The zero-order chi connectivity index (χ0) is 10.3. The van der Waals surface area contributed by atoms with Crippen LogP contribution in [-0.4, -0.2) is 5.92 Å². The van der Waals surface area contributed by atoms with Crippen molar-refractivity contribution >= 4 is 0 Å². The van der Waals surface area contributed by atoms with Crippen molar-refractivity contribution in [3.05, 3.63) is 11.6 Å². The van der Waals surface area contributed by atoms with Crippen molar-refractivity contribution in [1.29, 1.82) is 0 Å². The van der Waals surface area contributed by atoms with E-state index < -0.39 is 5.92 Å². The first-order valence-electron chi connectivity index (χ1n) is 5.11. The van der Waals surface area contributed by atoms with Crippen LogP contribution in [0.4, 0.5) is 8.78 Å². The summed E-state index contributed by atoms with van der Waals surface area (Å²) in [6.45, 7) is 6.26. The Hall–Kier alpha value is -0.400. The van der Waals surface area contributed by atoms with E-state index in [1.165, 1.54) is 12.0 Å². The number of rotatable bonds is 1. The highest BCUT2D eigenvalue weighted by Crippen LogP contribution is 2.32. The van der Waals surface area contributed by atoms with E-state index in [1.807, 2.05) is 6.92 Å². The molecule has 0 aromatic carbocycles. The van der Waals surface area contributed by atoms with Gasteiger partial charge in [-0.05, 0) is 12.8 Å². The lowest BCUT2D eigenvalue weighted by molar-refractivity contribution is -0.00888. The van der Waals surface area contributed by atoms with Crippen molar-refractivity contribution in [1.82, 2.24) is 0 Å². The van der Waals surface area contributed by atoms with Crippen LogP contribution < -0.4 is 0 Å². The fraction of sp³-hybridized carbons (Fsp3) is 0.818. The van der Waals surface area contributed by atoms with Crippen LogP contribution in [0.25, 0.3) is 0 Å². The quantitative estimate of drug-likeness (QED) is 0.532. The van der Waals surface area contributed by atoms with Gasteiger partial charge in [0.05, 0.1) is 0 Å². The SMILES string of the molecule is CCC.CCC1=CCC(F)(F)CC1. The molecule has 0 spiro atoms. The van der Waals surface area contributed by atoms with E-state index in [9.17, 15) is 8.78 Å². The summed E-state index contributed by atoms with van der Waals surface area (Å²) >= 11 is 0. The molecule has 0 aromatic heterocycles. The standard InChI is InChI=1S/C8H12F2.C3H8/c1-2-7-3-5-8(9,10)6-4-7;1-3-2/h3H,2,4-6H2,1H3;3H2,1-2H3. The lowest BCUT2D eigenvalue weighted by atomic mass is 9.95. The Labute approximate surface area is 80.0 Å².